The predicted molar refractivity (Wildman–Crippen MR) is 44.1 cm³/mol. The standard InChI is InChI=1S/C9H13N2/c1-7(2)4-9-5-10-6-11-8(9)3/h5,7H,4H2,1-3H3. The number of rotatable bonds is 2. The third kappa shape index (κ3) is 2.30. The average Bonchev–Trinajstić information content (AvgIpc) is 1.93. The van der Waals surface area contributed by atoms with Crippen LogP contribution in [0.3, 0.4) is 0 Å². The van der Waals surface area contributed by atoms with E-state index in [4.69, 9.17) is 0 Å². The highest BCUT2D eigenvalue weighted by atomic mass is 14.8. The minimum atomic E-state index is 0.666. The van der Waals surface area contributed by atoms with E-state index in [0.717, 1.165) is 12.1 Å². The van der Waals surface area contributed by atoms with Crippen LogP contribution in [-0.2, 0) is 6.42 Å². The fourth-order valence-corrected chi connectivity index (χ4v) is 1.02. The summed E-state index contributed by atoms with van der Waals surface area (Å²) in [6.45, 7) is 6.38. The fraction of sp³-hybridized carbons (Fsp3) is 0.556. The van der Waals surface area contributed by atoms with E-state index in [0.29, 0.717) is 5.92 Å². The molecule has 1 radical (unpaired) electrons. The highest BCUT2D eigenvalue weighted by Gasteiger charge is 2.01. The average molecular weight is 149 g/mol. The zero-order chi connectivity index (χ0) is 8.27. The smallest absolute Gasteiger partial charge is 0.197 e. The third-order valence-electron chi connectivity index (χ3n) is 1.59. The summed E-state index contributed by atoms with van der Waals surface area (Å²) in [4.78, 5) is 7.86. The Hall–Kier alpha value is -0.920. The van der Waals surface area contributed by atoms with Crippen LogP contribution in [0.4, 0.5) is 0 Å². The van der Waals surface area contributed by atoms with Crippen LogP contribution in [0.1, 0.15) is 25.1 Å². The summed E-state index contributed by atoms with van der Waals surface area (Å²) in [5.74, 6) is 0.666. The van der Waals surface area contributed by atoms with Crippen LogP contribution < -0.4 is 0 Å². The molecule has 2 nitrogen and oxygen atoms in total. The van der Waals surface area contributed by atoms with E-state index >= 15 is 0 Å². The van der Waals surface area contributed by atoms with Crippen molar-refractivity contribution in [2.24, 2.45) is 5.92 Å². The molecule has 0 bridgehead atoms. The van der Waals surface area contributed by atoms with Gasteiger partial charge in [0.05, 0.1) is 0 Å². The van der Waals surface area contributed by atoms with Crippen molar-refractivity contribution in [2.45, 2.75) is 27.2 Å². The molecule has 1 heterocycles. The molecule has 2 heteroatoms. The molecule has 0 fully saturated rings. The minimum Gasteiger partial charge on any atom is -0.233 e. The van der Waals surface area contributed by atoms with Crippen LogP contribution in [0.15, 0.2) is 6.20 Å². The Bertz CT molecular complexity index is 231. The summed E-state index contributed by atoms with van der Waals surface area (Å²) in [6.07, 6.45) is 5.48. The van der Waals surface area contributed by atoms with Crippen molar-refractivity contribution < 1.29 is 0 Å². The lowest BCUT2D eigenvalue weighted by atomic mass is 10.0. The molecule has 0 amide bonds. The van der Waals surface area contributed by atoms with E-state index in [9.17, 15) is 0 Å². The molecule has 0 aliphatic rings. The molecule has 0 N–H and O–H groups in total. The van der Waals surface area contributed by atoms with Gasteiger partial charge < -0.3 is 0 Å². The lowest BCUT2D eigenvalue weighted by Gasteiger charge is -2.05. The molecular formula is C9H13N2. The Balaban J connectivity index is 2.78. The first-order valence-corrected chi connectivity index (χ1v) is 3.88. The maximum Gasteiger partial charge on any atom is 0.197 e. The molecule has 1 rings (SSSR count). The van der Waals surface area contributed by atoms with Crippen molar-refractivity contribution in [1.29, 1.82) is 0 Å². The van der Waals surface area contributed by atoms with Crippen molar-refractivity contribution in [1.82, 2.24) is 9.97 Å². The van der Waals surface area contributed by atoms with Crippen LogP contribution in [0.5, 0.6) is 0 Å². The van der Waals surface area contributed by atoms with Gasteiger partial charge in [0, 0.05) is 11.9 Å². The third-order valence-corrected chi connectivity index (χ3v) is 1.59. The Morgan fingerprint density at radius 3 is 2.82 bits per heavy atom. The maximum atomic E-state index is 4.00. The summed E-state index contributed by atoms with van der Waals surface area (Å²) in [5.41, 5.74) is 2.28. The summed E-state index contributed by atoms with van der Waals surface area (Å²) in [5, 5.41) is 0. The van der Waals surface area contributed by atoms with Crippen LogP contribution >= 0.6 is 0 Å². The molecule has 11 heavy (non-hydrogen) atoms. The van der Waals surface area contributed by atoms with Crippen molar-refractivity contribution in [2.75, 3.05) is 0 Å². The van der Waals surface area contributed by atoms with Gasteiger partial charge in [0.2, 0.25) is 0 Å². The van der Waals surface area contributed by atoms with Crippen LogP contribution in [0.2, 0.25) is 0 Å². The molecule has 59 valence electrons. The van der Waals surface area contributed by atoms with Gasteiger partial charge in [-0.25, -0.2) is 9.97 Å². The summed E-state index contributed by atoms with van der Waals surface area (Å²) in [6, 6.07) is 0. The van der Waals surface area contributed by atoms with Crippen LogP contribution in [-0.4, -0.2) is 9.97 Å². The fourth-order valence-electron chi connectivity index (χ4n) is 1.02. The monoisotopic (exact) mass is 149 g/mol. The van der Waals surface area contributed by atoms with Gasteiger partial charge in [-0.1, -0.05) is 13.8 Å². The number of aromatic nitrogens is 2. The molecule has 0 aliphatic carbocycles. The first-order valence-electron chi connectivity index (χ1n) is 3.88. The molecule has 0 atom stereocenters. The minimum absolute atomic E-state index is 0.666. The maximum absolute atomic E-state index is 4.00. The Kier molecular flexibility index (Phi) is 2.58. The lowest BCUT2D eigenvalue weighted by Crippen LogP contribution is -1.99. The van der Waals surface area contributed by atoms with Gasteiger partial charge in [0.15, 0.2) is 6.33 Å². The van der Waals surface area contributed by atoms with E-state index in [1.807, 2.05) is 13.1 Å². The quantitative estimate of drug-likeness (QED) is 0.640. The molecule has 0 spiro atoms. The second-order valence-electron chi connectivity index (χ2n) is 3.18. The van der Waals surface area contributed by atoms with Gasteiger partial charge in [0.25, 0.3) is 0 Å². The Labute approximate surface area is 67.7 Å². The van der Waals surface area contributed by atoms with Gasteiger partial charge in [-0.2, -0.15) is 0 Å². The van der Waals surface area contributed by atoms with Gasteiger partial charge in [-0.3, -0.25) is 0 Å². The first kappa shape index (κ1) is 8.18. The highest BCUT2D eigenvalue weighted by Crippen LogP contribution is 2.08. The zero-order valence-electron chi connectivity index (χ0n) is 7.26. The normalized spacial score (nSPS) is 10.5. The van der Waals surface area contributed by atoms with E-state index < -0.39 is 0 Å². The molecule has 1 aromatic heterocycles. The highest BCUT2D eigenvalue weighted by molar-refractivity contribution is 5.13. The zero-order valence-corrected chi connectivity index (χ0v) is 7.26. The van der Waals surface area contributed by atoms with Crippen LogP contribution in [0.25, 0.3) is 0 Å². The molecule has 0 unspecified atom stereocenters. The van der Waals surface area contributed by atoms with Gasteiger partial charge in [-0.15, -0.1) is 0 Å². The van der Waals surface area contributed by atoms with Gasteiger partial charge in [0.1, 0.15) is 0 Å². The van der Waals surface area contributed by atoms with E-state index in [2.05, 4.69) is 30.1 Å². The van der Waals surface area contributed by atoms with Gasteiger partial charge in [-0.05, 0) is 24.8 Å². The first-order chi connectivity index (χ1) is 5.20. The second-order valence-corrected chi connectivity index (χ2v) is 3.18. The van der Waals surface area contributed by atoms with E-state index in [1.54, 1.807) is 0 Å². The van der Waals surface area contributed by atoms with E-state index in [-0.39, 0.29) is 0 Å². The van der Waals surface area contributed by atoms with Crippen molar-refractivity contribution in [3.8, 4) is 0 Å². The van der Waals surface area contributed by atoms with Crippen molar-refractivity contribution in [3.05, 3.63) is 23.8 Å². The van der Waals surface area contributed by atoms with E-state index in [1.165, 1.54) is 5.56 Å². The molecule has 0 saturated carbocycles. The number of aryl methyl sites for hydroxylation is 1. The summed E-state index contributed by atoms with van der Waals surface area (Å²) in [7, 11) is 0. The largest absolute Gasteiger partial charge is 0.233 e. The lowest BCUT2D eigenvalue weighted by molar-refractivity contribution is 0.640. The topological polar surface area (TPSA) is 25.8 Å². The Morgan fingerprint density at radius 1 is 1.55 bits per heavy atom. The molecule has 0 aromatic carbocycles. The summed E-state index contributed by atoms with van der Waals surface area (Å²) < 4.78 is 0. The number of hydrogen-bond acceptors (Lipinski definition) is 2. The molecule has 0 aliphatic heterocycles. The molecular weight excluding hydrogens is 136 g/mol. The van der Waals surface area contributed by atoms with Crippen molar-refractivity contribution in [3.63, 3.8) is 0 Å². The number of nitrogens with zero attached hydrogens (tertiary/aromatic N) is 2. The second kappa shape index (κ2) is 3.46. The molecule has 1 aromatic rings. The Morgan fingerprint density at radius 2 is 2.27 bits per heavy atom. The van der Waals surface area contributed by atoms with Crippen molar-refractivity contribution >= 4 is 0 Å². The SMILES string of the molecule is Cc1n[c]ncc1CC(C)C. The predicted octanol–water partition coefficient (Wildman–Crippen LogP) is 1.78. The van der Waals surface area contributed by atoms with Crippen LogP contribution in [0, 0.1) is 19.2 Å². The number of hydrogen-bond donors (Lipinski definition) is 0. The summed E-state index contributed by atoms with van der Waals surface area (Å²) >= 11 is 0. The van der Waals surface area contributed by atoms with Gasteiger partial charge >= 0.3 is 0 Å². The molecule has 0 saturated heterocycles.